The van der Waals surface area contributed by atoms with E-state index in [1.165, 1.54) is 0 Å². The lowest BCUT2D eigenvalue weighted by Gasteiger charge is -1.93. The molecule has 0 aliphatic heterocycles. The summed E-state index contributed by atoms with van der Waals surface area (Å²) in [4.78, 5) is 0. The van der Waals surface area contributed by atoms with E-state index in [-0.39, 0.29) is 0 Å². The first-order valence-corrected chi connectivity index (χ1v) is 4.07. The van der Waals surface area contributed by atoms with Gasteiger partial charge in [0, 0.05) is 4.47 Å². The predicted octanol–water partition coefficient (Wildman–Crippen LogP) is 3.07. The van der Waals surface area contributed by atoms with E-state index in [0.29, 0.717) is 0 Å². The summed E-state index contributed by atoms with van der Waals surface area (Å²) < 4.78 is 5.87. The zero-order valence-corrected chi connectivity index (χ0v) is 7.84. The quantitative estimate of drug-likeness (QED) is 0.686. The van der Waals surface area contributed by atoms with Crippen molar-refractivity contribution in [3.05, 3.63) is 40.6 Å². The van der Waals surface area contributed by atoms with E-state index >= 15 is 0 Å². The van der Waals surface area contributed by atoms with E-state index in [0.717, 1.165) is 10.0 Å². The summed E-state index contributed by atoms with van der Waals surface area (Å²) in [5.41, 5.74) is 1.13. The summed E-state index contributed by atoms with van der Waals surface area (Å²) in [5, 5.41) is 0. The fraction of sp³-hybridized carbons (Fsp3) is 0.111. The van der Waals surface area contributed by atoms with Gasteiger partial charge in [0.05, 0.1) is 13.4 Å². The van der Waals surface area contributed by atoms with Crippen LogP contribution in [0.5, 0.6) is 0 Å². The smallest absolute Gasteiger partial charge is 0.0830 e. The van der Waals surface area contributed by atoms with Crippen molar-refractivity contribution in [2.75, 3.05) is 7.11 Å². The average molecular weight is 213 g/mol. The van der Waals surface area contributed by atoms with Crippen molar-refractivity contribution < 1.29 is 4.74 Å². The first-order valence-electron chi connectivity index (χ1n) is 3.28. The Kier molecular flexibility index (Phi) is 3.17. The van der Waals surface area contributed by atoms with E-state index < -0.39 is 0 Å². The Morgan fingerprint density at radius 1 is 1.45 bits per heavy atom. The van der Waals surface area contributed by atoms with Crippen molar-refractivity contribution in [2.45, 2.75) is 0 Å². The average Bonchev–Trinajstić information content (AvgIpc) is 2.01. The molecule has 0 fully saturated rings. The molecule has 0 atom stereocenters. The molecule has 0 bridgehead atoms. The number of rotatable bonds is 2. The summed E-state index contributed by atoms with van der Waals surface area (Å²) in [6, 6.07) is 8.01. The number of methoxy groups -OCH3 is 1. The molecule has 1 aromatic carbocycles. The molecule has 2 heteroatoms. The van der Waals surface area contributed by atoms with Crippen LogP contribution in [0.2, 0.25) is 0 Å². The molecule has 0 saturated heterocycles. The molecule has 0 saturated carbocycles. The molecule has 11 heavy (non-hydrogen) atoms. The summed E-state index contributed by atoms with van der Waals surface area (Å²) in [5.74, 6) is 0. The third-order valence-corrected chi connectivity index (χ3v) is 1.74. The highest BCUT2D eigenvalue weighted by atomic mass is 79.9. The Hall–Kier alpha value is -0.760. The van der Waals surface area contributed by atoms with Crippen LogP contribution < -0.4 is 0 Å². The van der Waals surface area contributed by atoms with Gasteiger partial charge in [-0.1, -0.05) is 28.1 Å². The molecular formula is C9H9BrO. The molecular weight excluding hydrogens is 204 g/mol. The van der Waals surface area contributed by atoms with Gasteiger partial charge >= 0.3 is 0 Å². The zero-order valence-electron chi connectivity index (χ0n) is 6.25. The molecule has 0 aliphatic rings. The number of hydrogen-bond acceptors (Lipinski definition) is 1. The maximum absolute atomic E-state index is 4.79. The van der Waals surface area contributed by atoms with Gasteiger partial charge in [0.2, 0.25) is 0 Å². The molecule has 1 rings (SSSR count). The summed E-state index contributed by atoms with van der Waals surface area (Å²) >= 11 is 3.38. The van der Waals surface area contributed by atoms with Crippen LogP contribution in [0.3, 0.4) is 0 Å². The van der Waals surface area contributed by atoms with Gasteiger partial charge < -0.3 is 4.74 Å². The van der Waals surface area contributed by atoms with E-state index in [4.69, 9.17) is 4.74 Å². The molecule has 0 aromatic heterocycles. The molecule has 58 valence electrons. The highest BCUT2D eigenvalue weighted by molar-refractivity contribution is 9.10. The van der Waals surface area contributed by atoms with Crippen LogP contribution >= 0.6 is 15.9 Å². The van der Waals surface area contributed by atoms with E-state index in [1.54, 1.807) is 13.4 Å². The van der Waals surface area contributed by atoms with Crippen LogP contribution in [0.1, 0.15) is 5.56 Å². The zero-order chi connectivity index (χ0) is 8.10. The van der Waals surface area contributed by atoms with Gasteiger partial charge in [-0.05, 0) is 23.8 Å². The number of benzene rings is 1. The van der Waals surface area contributed by atoms with Gasteiger partial charge in [0.1, 0.15) is 0 Å². The molecule has 0 unspecified atom stereocenters. The third kappa shape index (κ3) is 2.76. The Morgan fingerprint density at radius 3 is 2.91 bits per heavy atom. The fourth-order valence-corrected chi connectivity index (χ4v) is 1.17. The molecule has 0 spiro atoms. The minimum atomic E-state index is 1.08. The summed E-state index contributed by atoms with van der Waals surface area (Å²) in [6.45, 7) is 0. The van der Waals surface area contributed by atoms with Gasteiger partial charge in [-0.15, -0.1) is 0 Å². The topological polar surface area (TPSA) is 9.23 Å². The minimum Gasteiger partial charge on any atom is -0.504 e. The maximum Gasteiger partial charge on any atom is 0.0830 e. The Morgan fingerprint density at radius 2 is 2.27 bits per heavy atom. The second-order valence-corrected chi connectivity index (χ2v) is 3.01. The number of ether oxygens (including phenoxy) is 1. The molecule has 0 amide bonds. The molecule has 0 radical (unpaired) electrons. The van der Waals surface area contributed by atoms with Crippen molar-refractivity contribution in [3.63, 3.8) is 0 Å². The Bertz CT molecular complexity index is 255. The third-order valence-electron chi connectivity index (χ3n) is 1.25. The molecule has 0 heterocycles. The van der Waals surface area contributed by atoms with Crippen molar-refractivity contribution in [3.8, 4) is 0 Å². The molecule has 0 N–H and O–H groups in total. The lowest BCUT2D eigenvalue weighted by Crippen LogP contribution is -1.71. The van der Waals surface area contributed by atoms with E-state index in [1.807, 2.05) is 30.3 Å². The Balaban J connectivity index is 2.79. The maximum atomic E-state index is 4.79. The summed E-state index contributed by atoms with van der Waals surface area (Å²) in [6.07, 6.45) is 3.56. The monoisotopic (exact) mass is 212 g/mol. The van der Waals surface area contributed by atoms with Crippen LogP contribution in [-0.2, 0) is 4.74 Å². The second kappa shape index (κ2) is 4.19. The van der Waals surface area contributed by atoms with Crippen LogP contribution in [0.25, 0.3) is 6.08 Å². The van der Waals surface area contributed by atoms with Gasteiger partial charge in [0.25, 0.3) is 0 Å². The normalized spacial score (nSPS) is 10.4. The highest BCUT2D eigenvalue weighted by Crippen LogP contribution is 2.12. The van der Waals surface area contributed by atoms with E-state index in [2.05, 4.69) is 15.9 Å². The SMILES string of the molecule is CO/C=C\c1cccc(Br)c1. The highest BCUT2D eigenvalue weighted by Gasteiger charge is 1.86. The van der Waals surface area contributed by atoms with Crippen LogP contribution in [0.4, 0.5) is 0 Å². The lowest BCUT2D eigenvalue weighted by molar-refractivity contribution is 0.341. The van der Waals surface area contributed by atoms with Crippen molar-refractivity contribution in [2.24, 2.45) is 0 Å². The van der Waals surface area contributed by atoms with Gasteiger partial charge in [-0.3, -0.25) is 0 Å². The van der Waals surface area contributed by atoms with Crippen LogP contribution in [0, 0.1) is 0 Å². The standard InChI is InChI=1S/C9H9BrO/c1-11-6-5-8-3-2-4-9(10)7-8/h2-7H,1H3/b6-5-. The lowest BCUT2D eigenvalue weighted by atomic mass is 10.2. The first kappa shape index (κ1) is 8.34. The van der Waals surface area contributed by atoms with Crippen LogP contribution in [0.15, 0.2) is 35.0 Å². The van der Waals surface area contributed by atoms with Gasteiger partial charge in [-0.2, -0.15) is 0 Å². The fourth-order valence-electron chi connectivity index (χ4n) is 0.757. The van der Waals surface area contributed by atoms with E-state index in [9.17, 15) is 0 Å². The number of hydrogen-bond donors (Lipinski definition) is 0. The largest absolute Gasteiger partial charge is 0.504 e. The van der Waals surface area contributed by atoms with Gasteiger partial charge in [0.15, 0.2) is 0 Å². The Labute approximate surface area is 74.8 Å². The van der Waals surface area contributed by atoms with Crippen molar-refractivity contribution >= 4 is 22.0 Å². The van der Waals surface area contributed by atoms with Crippen molar-refractivity contribution in [1.29, 1.82) is 0 Å². The predicted molar refractivity (Wildman–Crippen MR) is 50.2 cm³/mol. The number of halogens is 1. The second-order valence-electron chi connectivity index (χ2n) is 2.09. The molecule has 0 aliphatic carbocycles. The van der Waals surface area contributed by atoms with Gasteiger partial charge in [-0.25, -0.2) is 0 Å². The first-order chi connectivity index (χ1) is 5.33. The molecule has 1 aromatic rings. The van der Waals surface area contributed by atoms with Crippen LogP contribution in [-0.4, -0.2) is 7.11 Å². The van der Waals surface area contributed by atoms with Crippen molar-refractivity contribution in [1.82, 2.24) is 0 Å². The molecule has 1 nitrogen and oxygen atoms in total. The minimum absolute atomic E-state index is 1.08. The summed E-state index contributed by atoms with van der Waals surface area (Å²) in [7, 11) is 1.63.